The number of amides is 2. The Balaban J connectivity index is 2.19. The summed E-state index contributed by atoms with van der Waals surface area (Å²) in [5.74, 6) is 0.335. The molecule has 2 aromatic carbocycles. The first-order valence-corrected chi connectivity index (χ1v) is 14.2. The van der Waals surface area contributed by atoms with Gasteiger partial charge in [0.1, 0.15) is 11.8 Å². The lowest BCUT2D eigenvalue weighted by Crippen LogP contribution is -2.49. The average Bonchev–Trinajstić information content (AvgIpc) is 2.85. The lowest BCUT2D eigenvalue weighted by Gasteiger charge is -2.31. The number of ether oxygens (including phenoxy) is 1. The zero-order chi connectivity index (χ0) is 26.7. The van der Waals surface area contributed by atoms with Gasteiger partial charge in [-0.1, -0.05) is 43.7 Å². The molecule has 0 heterocycles. The molecule has 2 aromatic rings. The maximum Gasteiger partial charge on any atom is 0.242 e. The Morgan fingerprint density at radius 3 is 2.19 bits per heavy atom. The van der Waals surface area contributed by atoms with Crippen molar-refractivity contribution in [1.82, 2.24) is 10.2 Å². The molecule has 0 aliphatic rings. The van der Waals surface area contributed by atoms with Crippen LogP contribution in [0.5, 0.6) is 5.75 Å². The van der Waals surface area contributed by atoms with Gasteiger partial charge in [0.2, 0.25) is 21.8 Å². The van der Waals surface area contributed by atoms with Crippen molar-refractivity contribution in [1.29, 1.82) is 0 Å². The van der Waals surface area contributed by atoms with Gasteiger partial charge in [0.25, 0.3) is 0 Å². The van der Waals surface area contributed by atoms with Crippen LogP contribution in [0.4, 0.5) is 5.69 Å². The Morgan fingerprint density at radius 2 is 1.67 bits per heavy atom. The minimum absolute atomic E-state index is 0.117. The second-order valence-electron chi connectivity index (χ2n) is 8.86. The van der Waals surface area contributed by atoms with E-state index in [1.54, 1.807) is 24.1 Å². The van der Waals surface area contributed by atoms with E-state index in [0.717, 1.165) is 23.8 Å². The van der Waals surface area contributed by atoms with E-state index in [0.29, 0.717) is 30.8 Å². The highest BCUT2D eigenvalue weighted by Crippen LogP contribution is 2.21. The fraction of sp³-hybridized carbons (Fsp3) is 0.481. The number of benzene rings is 2. The summed E-state index contributed by atoms with van der Waals surface area (Å²) < 4.78 is 31.4. The Bertz CT molecular complexity index is 1090. The lowest BCUT2D eigenvalue weighted by atomic mass is 10.1. The summed E-state index contributed by atoms with van der Waals surface area (Å²) in [6, 6.07) is 14.0. The number of methoxy groups -OCH3 is 1. The highest BCUT2D eigenvalue weighted by atomic mass is 32.2. The van der Waals surface area contributed by atoms with E-state index in [9.17, 15) is 18.0 Å². The van der Waals surface area contributed by atoms with Crippen molar-refractivity contribution in [3.63, 3.8) is 0 Å². The Labute approximate surface area is 215 Å². The van der Waals surface area contributed by atoms with Gasteiger partial charge in [0.05, 0.1) is 19.1 Å². The Hall–Kier alpha value is -3.07. The van der Waals surface area contributed by atoms with E-state index in [1.165, 1.54) is 4.31 Å². The number of aryl methyl sites for hydroxylation is 1. The lowest BCUT2D eigenvalue weighted by molar-refractivity contribution is -0.141. The monoisotopic (exact) mass is 517 g/mol. The largest absolute Gasteiger partial charge is 0.497 e. The molecule has 9 heteroatoms. The van der Waals surface area contributed by atoms with Gasteiger partial charge < -0.3 is 15.0 Å². The number of rotatable bonds is 14. The second kappa shape index (κ2) is 13.9. The predicted octanol–water partition coefficient (Wildman–Crippen LogP) is 3.88. The molecule has 0 unspecified atom stereocenters. The first-order valence-electron chi connectivity index (χ1n) is 12.3. The van der Waals surface area contributed by atoms with Crippen molar-refractivity contribution in [2.45, 2.75) is 59.0 Å². The van der Waals surface area contributed by atoms with Crippen LogP contribution < -0.4 is 14.4 Å². The minimum Gasteiger partial charge on any atom is -0.497 e. The standard InChI is InChI=1S/C27H39N3O5S/c1-6-18-28-27(32)25(7-2)29(20-22-12-16-24(35-4)17-13-22)26(31)9-8-19-30(36(5,33)34)23-14-10-21(3)11-15-23/h10-17,25H,6-9,18-20H2,1-5H3,(H,28,32)/t25-/m1/s1. The summed E-state index contributed by atoms with van der Waals surface area (Å²) in [4.78, 5) is 27.9. The average molecular weight is 518 g/mol. The van der Waals surface area contributed by atoms with E-state index in [4.69, 9.17) is 4.74 Å². The van der Waals surface area contributed by atoms with Crippen LogP contribution in [0.1, 0.15) is 50.7 Å². The fourth-order valence-corrected chi connectivity index (χ4v) is 4.89. The number of nitrogens with zero attached hydrogens (tertiary/aromatic N) is 2. The van der Waals surface area contributed by atoms with Crippen LogP contribution in [-0.2, 0) is 26.2 Å². The van der Waals surface area contributed by atoms with Gasteiger partial charge in [-0.15, -0.1) is 0 Å². The Morgan fingerprint density at radius 1 is 1.03 bits per heavy atom. The maximum absolute atomic E-state index is 13.4. The number of carbonyl (C=O) groups is 2. The molecule has 0 aromatic heterocycles. The van der Waals surface area contributed by atoms with Crippen molar-refractivity contribution in [3.8, 4) is 5.75 Å². The van der Waals surface area contributed by atoms with Crippen LogP contribution in [0.2, 0.25) is 0 Å². The maximum atomic E-state index is 13.4. The smallest absolute Gasteiger partial charge is 0.242 e. The fourth-order valence-electron chi connectivity index (χ4n) is 3.93. The molecule has 0 bridgehead atoms. The molecular formula is C27H39N3O5S. The summed E-state index contributed by atoms with van der Waals surface area (Å²) in [7, 11) is -1.93. The zero-order valence-electron chi connectivity index (χ0n) is 22.0. The van der Waals surface area contributed by atoms with E-state index >= 15 is 0 Å². The van der Waals surface area contributed by atoms with Gasteiger partial charge in [-0.05, 0) is 56.0 Å². The van der Waals surface area contributed by atoms with Gasteiger partial charge >= 0.3 is 0 Å². The molecule has 36 heavy (non-hydrogen) atoms. The topological polar surface area (TPSA) is 96.0 Å². The van der Waals surface area contributed by atoms with Gasteiger partial charge in [0.15, 0.2) is 0 Å². The van der Waals surface area contributed by atoms with E-state index in [2.05, 4.69) is 5.32 Å². The van der Waals surface area contributed by atoms with Crippen LogP contribution in [-0.4, -0.2) is 57.6 Å². The number of nitrogens with one attached hydrogen (secondary N) is 1. The molecular weight excluding hydrogens is 478 g/mol. The summed E-state index contributed by atoms with van der Waals surface area (Å²) in [5, 5.41) is 2.90. The molecule has 1 atom stereocenters. The summed E-state index contributed by atoms with van der Waals surface area (Å²) >= 11 is 0. The molecule has 0 fully saturated rings. The van der Waals surface area contributed by atoms with Crippen molar-refractivity contribution < 1.29 is 22.7 Å². The molecule has 0 radical (unpaired) electrons. The van der Waals surface area contributed by atoms with Crippen molar-refractivity contribution >= 4 is 27.5 Å². The summed E-state index contributed by atoms with van der Waals surface area (Å²) in [6.45, 7) is 6.78. The van der Waals surface area contributed by atoms with Crippen molar-refractivity contribution in [2.75, 3.05) is 30.8 Å². The second-order valence-corrected chi connectivity index (χ2v) is 10.8. The summed E-state index contributed by atoms with van der Waals surface area (Å²) in [6.07, 6.45) is 2.87. The third kappa shape index (κ3) is 8.55. The molecule has 0 saturated heterocycles. The third-order valence-corrected chi connectivity index (χ3v) is 7.12. The molecule has 8 nitrogen and oxygen atoms in total. The highest BCUT2D eigenvalue weighted by Gasteiger charge is 2.28. The first kappa shape index (κ1) is 29.2. The number of hydrogen-bond acceptors (Lipinski definition) is 5. The number of anilines is 1. The van der Waals surface area contributed by atoms with Crippen LogP contribution in [0.15, 0.2) is 48.5 Å². The van der Waals surface area contributed by atoms with Gasteiger partial charge in [0, 0.05) is 26.1 Å². The van der Waals surface area contributed by atoms with Crippen LogP contribution in [0, 0.1) is 6.92 Å². The van der Waals surface area contributed by atoms with E-state index in [1.807, 2.05) is 57.2 Å². The third-order valence-electron chi connectivity index (χ3n) is 5.92. The van der Waals surface area contributed by atoms with Gasteiger partial charge in [-0.3, -0.25) is 13.9 Å². The summed E-state index contributed by atoms with van der Waals surface area (Å²) in [5.41, 5.74) is 2.47. The molecule has 198 valence electrons. The van der Waals surface area contributed by atoms with E-state index in [-0.39, 0.29) is 31.3 Å². The molecule has 0 saturated carbocycles. The van der Waals surface area contributed by atoms with Crippen molar-refractivity contribution in [3.05, 3.63) is 59.7 Å². The first-order chi connectivity index (χ1) is 17.1. The van der Waals surface area contributed by atoms with Crippen LogP contribution in [0.25, 0.3) is 0 Å². The Kier molecular flexibility index (Phi) is 11.2. The van der Waals surface area contributed by atoms with Gasteiger partial charge in [-0.2, -0.15) is 0 Å². The molecule has 0 aliphatic carbocycles. The van der Waals surface area contributed by atoms with Crippen LogP contribution in [0.3, 0.4) is 0 Å². The number of carbonyl (C=O) groups excluding carboxylic acids is 2. The SMILES string of the molecule is CCCNC(=O)[C@@H](CC)N(Cc1ccc(OC)cc1)C(=O)CCCN(c1ccc(C)cc1)S(C)(=O)=O. The minimum atomic E-state index is -3.52. The quantitative estimate of drug-likeness (QED) is 0.410. The number of sulfonamides is 1. The van der Waals surface area contributed by atoms with E-state index < -0.39 is 16.1 Å². The normalized spacial score (nSPS) is 12.0. The molecule has 2 rings (SSSR count). The molecule has 0 aliphatic heterocycles. The highest BCUT2D eigenvalue weighted by molar-refractivity contribution is 7.92. The zero-order valence-corrected chi connectivity index (χ0v) is 22.8. The van der Waals surface area contributed by atoms with Crippen LogP contribution >= 0.6 is 0 Å². The molecule has 1 N–H and O–H groups in total. The molecule has 0 spiro atoms. The van der Waals surface area contributed by atoms with Gasteiger partial charge in [-0.25, -0.2) is 8.42 Å². The molecule has 2 amide bonds. The predicted molar refractivity (Wildman–Crippen MR) is 144 cm³/mol. The van der Waals surface area contributed by atoms with Crippen molar-refractivity contribution in [2.24, 2.45) is 0 Å². The number of hydrogen-bond donors (Lipinski definition) is 1.